The van der Waals surface area contributed by atoms with Gasteiger partial charge < -0.3 is 15.0 Å². The van der Waals surface area contributed by atoms with Gasteiger partial charge in [0.1, 0.15) is 24.2 Å². The van der Waals surface area contributed by atoms with Crippen molar-refractivity contribution in [2.75, 3.05) is 16.8 Å². The van der Waals surface area contributed by atoms with Gasteiger partial charge in [0.05, 0.1) is 5.92 Å². The van der Waals surface area contributed by atoms with Crippen molar-refractivity contribution in [2.24, 2.45) is 5.92 Å². The maximum Gasteiger partial charge on any atom is 0.229 e. The highest BCUT2D eigenvalue weighted by Crippen LogP contribution is 2.28. The van der Waals surface area contributed by atoms with E-state index in [0.717, 1.165) is 5.69 Å². The van der Waals surface area contributed by atoms with E-state index < -0.39 is 5.92 Å². The van der Waals surface area contributed by atoms with Gasteiger partial charge >= 0.3 is 0 Å². The lowest BCUT2D eigenvalue weighted by Crippen LogP contribution is -2.28. The molecule has 1 N–H and O–H groups in total. The van der Waals surface area contributed by atoms with Gasteiger partial charge in [0.15, 0.2) is 0 Å². The van der Waals surface area contributed by atoms with E-state index in [4.69, 9.17) is 16.3 Å². The Hall–Kier alpha value is -4.24. The summed E-state index contributed by atoms with van der Waals surface area (Å²) in [5.41, 5.74) is 1.34. The Morgan fingerprint density at radius 3 is 2.62 bits per heavy atom. The molecule has 2 amide bonds. The third-order valence-corrected chi connectivity index (χ3v) is 5.63. The number of hydrogen-bond acceptors (Lipinski definition) is 6. The van der Waals surface area contributed by atoms with Gasteiger partial charge in [-0.3, -0.25) is 14.2 Å². The molecule has 4 aromatic rings. The number of benzene rings is 2. The quantitative estimate of drug-likeness (QED) is 0.451. The second-order valence-electron chi connectivity index (χ2n) is 7.68. The van der Waals surface area contributed by atoms with Crippen LogP contribution in [-0.2, 0) is 9.59 Å². The van der Waals surface area contributed by atoms with Gasteiger partial charge in [0.2, 0.25) is 17.7 Å². The van der Waals surface area contributed by atoms with Crippen LogP contribution in [0, 0.1) is 5.92 Å². The molecule has 170 valence electrons. The van der Waals surface area contributed by atoms with E-state index in [9.17, 15) is 9.59 Å². The molecule has 0 aliphatic carbocycles. The van der Waals surface area contributed by atoms with E-state index in [-0.39, 0.29) is 18.2 Å². The number of amides is 2. The highest BCUT2D eigenvalue weighted by atomic mass is 35.5. The molecule has 10 heteroatoms. The summed E-state index contributed by atoms with van der Waals surface area (Å²) in [6.45, 7) is 0.320. The highest BCUT2D eigenvalue weighted by molar-refractivity contribution is 6.30. The normalized spacial score (nSPS) is 15.4. The molecule has 1 atom stereocenters. The second-order valence-corrected chi connectivity index (χ2v) is 8.12. The van der Waals surface area contributed by atoms with Crippen molar-refractivity contribution >= 4 is 34.8 Å². The zero-order valence-electron chi connectivity index (χ0n) is 17.8. The Bertz CT molecular complexity index is 1310. The largest absolute Gasteiger partial charge is 0.439 e. The zero-order valence-corrected chi connectivity index (χ0v) is 18.6. The van der Waals surface area contributed by atoms with Crippen LogP contribution in [0.1, 0.15) is 6.42 Å². The van der Waals surface area contributed by atoms with Crippen LogP contribution in [-0.4, -0.2) is 37.9 Å². The van der Waals surface area contributed by atoms with E-state index in [2.05, 4.69) is 20.3 Å². The van der Waals surface area contributed by atoms with Crippen LogP contribution in [0.5, 0.6) is 11.6 Å². The summed E-state index contributed by atoms with van der Waals surface area (Å²) in [6.07, 6.45) is 6.64. The van der Waals surface area contributed by atoms with Crippen LogP contribution in [0.4, 0.5) is 11.4 Å². The van der Waals surface area contributed by atoms with Crippen LogP contribution >= 0.6 is 11.6 Å². The molecule has 34 heavy (non-hydrogen) atoms. The minimum Gasteiger partial charge on any atom is -0.439 e. The Labute approximate surface area is 200 Å². The summed E-state index contributed by atoms with van der Waals surface area (Å²) in [7, 11) is 0. The van der Waals surface area contributed by atoms with Gasteiger partial charge in [-0.25, -0.2) is 15.0 Å². The number of nitrogens with one attached hydrogen (secondary N) is 1. The monoisotopic (exact) mass is 474 g/mol. The fourth-order valence-electron chi connectivity index (χ4n) is 3.65. The number of imidazole rings is 1. The Morgan fingerprint density at radius 2 is 1.88 bits per heavy atom. The zero-order chi connectivity index (χ0) is 23.5. The minimum atomic E-state index is -0.443. The summed E-state index contributed by atoms with van der Waals surface area (Å²) in [4.78, 5) is 39.1. The van der Waals surface area contributed by atoms with Crippen LogP contribution < -0.4 is 15.0 Å². The van der Waals surface area contributed by atoms with Crippen molar-refractivity contribution in [1.82, 2.24) is 19.5 Å². The third kappa shape index (κ3) is 4.74. The average Bonchev–Trinajstić information content (AvgIpc) is 3.52. The van der Waals surface area contributed by atoms with Crippen molar-refractivity contribution in [3.8, 4) is 17.4 Å². The number of aromatic nitrogens is 4. The molecule has 1 unspecified atom stereocenters. The van der Waals surface area contributed by atoms with Crippen molar-refractivity contribution in [2.45, 2.75) is 6.42 Å². The first-order valence-electron chi connectivity index (χ1n) is 10.5. The first-order chi connectivity index (χ1) is 16.5. The molecule has 2 aromatic carbocycles. The lowest BCUT2D eigenvalue weighted by molar-refractivity contribution is -0.122. The molecule has 9 nitrogen and oxygen atoms in total. The maximum atomic E-state index is 12.8. The molecule has 1 aliphatic rings. The average molecular weight is 475 g/mol. The molecule has 0 spiro atoms. The van der Waals surface area contributed by atoms with Gasteiger partial charge in [0.25, 0.3) is 0 Å². The molecule has 0 bridgehead atoms. The number of anilines is 2. The fraction of sp³-hybridized carbons (Fsp3) is 0.125. The summed E-state index contributed by atoms with van der Waals surface area (Å²) in [6, 6.07) is 15.6. The van der Waals surface area contributed by atoms with Gasteiger partial charge in [-0.05, 0) is 48.5 Å². The number of ether oxygens (including phenoxy) is 1. The van der Waals surface area contributed by atoms with Crippen LogP contribution in [0.25, 0.3) is 5.82 Å². The molecule has 0 radical (unpaired) electrons. The lowest BCUT2D eigenvalue weighted by Gasteiger charge is -2.16. The lowest BCUT2D eigenvalue weighted by atomic mass is 10.1. The van der Waals surface area contributed by atoms with E-state index >= 15 is 0 Å². The second kappa shape index (κ2) is 9.32. The number of rotatable bonds is 6. The SMILES string of the molecule is O=C(Nc1ccc(Oc2cc(-n3ccnc3)ncn2)cc1)C1CC(=O)N(c2ccc(Cl)cc2)C1. The van der Waals surface area contributed by atoms with Crippen LogP contribution in [0.15, 0.2) is 79.6 Å². The Morgan fingerprint density at radius 1 is 1.09 bits per heavy atom. The maximum absolute atomic E-state index is 12.8. The summed E-state index contributed by atoms with van der Waals surface area (Å²) in [5.74, 6) is 0.817. The van der Waals surface area contributed by atoms with E-state index in [0.29, 0.717) is 34.7 Å². The van der Waals surface area contributed by atoms with E-state index in [1.54, 1.807) is 82.8 Å². The predicted molar refractivity (Wildman–Crippen MR) is 126 cm³/mol. The predicted octanol–water partition coefficient (Wildman–Crippen LogP) is 4.10. The third-order valence-electron chi connectivity index (χ3n) is 5.37. The Kier molecular flexibility index (Phi) is 5.92. The van der Waals surface area contributed by atoms with Gasteiger partial charge in [0, 0.05) is 47.8 Å². The van der Waals surface area contributed by atoms with Crippen molar-refractivity contribution in [3.63, 3.8) is 0 Å². The van der Waals surface area contributed by atoms with Gasteiger partial charge in [-0.1, -0.05) is 11.6 Å². The standard InChI is InChI=1S/C24H19ClN6O3/c25-17-1-5-19(6-2-17)31-13-16(11-23(31)32)24(33)29-18-3-7-20(8-4-18)34-22-12-21(27-14-28-22)30-10-9-26-15-30/h1-10,12,14-16H,11,13H2,(H,29,33). The van der Waals surface area contributed by atoms with Gasteiger partial charge in [-0.2, -0.15) is 0 Å². The number of carbonyl (C=O) groups is 2. The fourth-order valence-corrected chi connectivity index (χ4v) is 3.77. The first kappa shape index (κ1) is 21.6. The number of nitrogens with zero attached hydrogens (tertiary/aromatic N) is 5. The minimum absolute atomic E-state index is 0.0915. The van der Waals surface area contributed by atoms with Gasteiger partial charge in [-0.15, -0.1) is 0 Å². The topological polar surface area (TPSA) is 102 Å². The smallest absolute Gasteiger partial charge is 0.229 e. The molecule has 2 aromatic heterocycles. The molecular formula is C24H19ClN6O3. The number of hydrogen-bond donors (Lipinski definition) is 1. The van der Waals surface area contributed by atoms with Crippen molar-refractivity contribution in [3.05, 3.63) is 84.7 Å². The van der Waals surface area contributed by atoms with E-state index in [1.165, 1.54) is 6.33 Å². The molecule has 5 rings (SSSR count). The number of halogens is 1. The molecule has 1 saturated heterocycles. The molecule has 1 fully saturated rings. The van der Waals surface area contributed by atoms with Crippen LogP contribution in [0.3, 0.4) is 0 Å². The summed E-state index contributed by atoms with van der Waals surface area (Å²) < 4.78 is 7.55. The van der Waals surface area contributed by atoms with Crippen molar-refractivity contribution in [1.29, 1.82) is 0 Å². The summed E-state index contributed by atoms with van der Waals surface area (Å²) in [5, 5.41) is 3.47. The van der Waals surface area contributed by atoms with Crippen molar-refractivity contribution < 1.29 is 14.3 Å². The molecule has 1 aliphatic heterocycles. The Balaban J connectivity index is 1.20. The first-order valence-corrected chi connectivity index (χ1v) is 10.9. The van der Waals surface area contributed by atoms with E-state index in [1.807, 2.05) is 0 Å². The number of carbonyl (C=O) groups excluding carboxylic acids is 2. The molecule has 0 saturated carbocycles. The molecular weight excluding hydrogens is 456 g/mol. The highest BCUT2D eigenvalue weighted by Gasteiger charge is 2.35. The summed E-state index contributed by atoms with van der Waals surface area (Å²) >= 11 is 5.92. The van der Waals surface area contributed by atoms with Crippen LogP contribution in [0.2, 0.25) is 5.02 Å². The molecule has 3 heterocycles.